The van der Waals surface area contributed by atoms with E-state index in [-0.39, 0.29) is 0 Å². The summed E-state index contributed by atoms with van der Waals surface area (Å²) < 4.78 is 0. The number of nitriles is 1. The molecule has 0 saturated heterocycles. The summed E-state index contributed by atoms with van der Waals surface area (Å²) in [6.07, 6.45) is 4.27. The molecule has 0 saturated carbocycles. The molecule has 0 aliphatic rings. The minimum atomic E-state index is 0.476. The first kappa shape index (κ1) is 13.2. The summed E-state index contributed by atoms with van der Waals surface area (Å²) >= 11 is 0. The Morgan fingerprint density at radius 3 is 2.06 bits per heavy atom. The first-order valence-corrected chi connectivity index (χ1v) is 5.69. The number of benzene rings is 1. The fourth-order valence-corrected chi connectivity index (χ4v) is 1.68. The molecular formula is C15H18N2. The van der Waals surface area contributed by atoms with Gasteiger partial charge in [-0.3, -0.25) is 4.90 Å². The lowest BCUT2D eigenvalue weighted by Crippen LogP contribution is -2.23. The fraction of sp³-hybridized carbons (Fsp3) is 0.267. The third kappa shape index (κ3) is 4.67. The van der Waals surface area contributed by atoms with Crippen LogP contribution in [0.3, 0.4) is 0 Å². The van der Waals surface area contributed by atoms with Gasteiger partial charge in [-0.25, -0.2) is 0 Å². The van der Waals surface area contributed by atoms with Crippen molar-refractivity contribution in [1.29, 1.82) is 5.26 Å². The molecule has 0 aliphatic heterocycles. The van der Waals surface area contributed by atoms with E-state index < -0.39 is 0 Å². The van der Waals surface area contributed by atoms with E-state index in [1.807, 2.05) is 24.3 Å². The maximum atomic E-state index is 8.59. The van der Waals surface area contributed by atoms with Crippen molar-refractivity contribution in [3.05, 3.63) is 60.7 Å². The second-order valence-corrected chi connectivity index (χ2v) is 3.92. The van der Waals surface area contributed by atoms with Crippen LogP contribution < -0.4 is 0 Å². The second kappa shape index (κ2) is 7.43. The summed E-state index contributed by atoms with van der Waals surface area (Å²) in [5, 5.41) is 8.59. The van der Waals surface area contributed by atoms with Crippen molar-refractivity contribution in [1.82, 2.24) is 4.90 Å². The Morgan fingerprint density at radius 1 is 1.06 bits per heavy atom. The molecule has 0 aliphatic carbocycles. The van der Waals surface area contributed by atoms with Gasteiger partial charge in [0.15, 0.2) is 0 Å². The molecule has 1 aromatic carbocycles. The van der Waals surface area contributed by atoms with Crippen molar-refractivity contribution < 1.29 is 0 Å². The first-order valence-electron chi connectivity index (χ1n) is 5.69. The summed E-state index contributed by atoms with van der Waals surface area (Å²) in [4.78, 5) is 2.25. The van der Waals surface area contributed by atoms with Crippen LogP contribution >= 0.6 is 0 Å². The standard InChI is InChI=1S/C15H18N2/c1-3-11-17(12-4-2)13-15-7-5-14(6-8-15)9-10-16/h3-8H,1-2,9,11-13H2. The van der Waals surface area contributed by atoms with Crippen molar-refractivity contribution in [2.24, 2.45) is 0 Å². The van der Waals surface area contributed by atoms with Gasteiger partial charge in [-0.1, -0.05) is 36.4 Å². The van der Waals surface area contributed by atoms with Crippen molar-refractivity contribution in [2.75, 3.05) is 13.1 Å². The smallest absolute Gasteiger partial charge is 0.0669 e. The topological polar surface area (TPSA) is 27.0 Å². The fourth-order valence-electron chi connectivity index (χ4n) is 1.68. The van der Waals surface area contributed by atoms with Crippen LogP contribution in [0.15, 0.2) is 49.6 Å². The largest absolute Gasteiger partial charge is 0.292 e. The van der Waals surface area contributed by atoms with Gasteiger partial charge < -0.3 is 0 Å². The lowest BCUT2D eigenvalue weighted by atomic mass is 10.1. The molecule has 0 atom stereocenters. The van der Waals surface area contributed by atoms with Crippen LogP contribution in [0.2, 0.25) is 0 Å². The van der Waals surface area contributed by atoms with Crippen LogP contribution in [0.4, 0.5) is 0 Å². The quantitative estimate of drug-likeness (QED) is 0.668. The van der Waals surface area contributed by atoms with E-state index >= 15 is 0 Å². The average Bonchev–Trinajstić information content (AvgIpc) is 2.33. The van der Waals surface area contributed by atoms with Crippen molar-refractivity contribution in [3.63, 3.8) is 0 Å². The summed E-state index contributed by atoms with van der Waals surface area (Å²) in [6.45, 7) is 10.1. The Morgan fingerprint density at radius 2 is 1.59 bits per heavy atom. The van der Waals surface area contributed by atoms with Crippen LogP contribution in [0, 0.1) is 11.3 Å². The summed E-state index contributed by atoms with van der Waals surface area (Å²) in [5.41, 5.74) is 2.31. The van der Waals surface area contributed by atoms with Gasteiger partial charge in [0.2, 0.25) is 0 Å². The van der Waals surface area contributed by atoms with Crippen LogP contribution in [0.25, 0.3) is 0 Å². The third-order valence-corrected chi connectivity index (χ3v) is 2.49. The number of hydrogen-bond acceptors (Lipinski definition) is 2. The van der Waals surface area contributed by atoms with Crippen molar-refractivity contribution >= 4 is 0 Å². The van der Waals surface area contributed by atoms with Crippen LogP contribution in [0.5, 0.6) is 0 Å². The zero-order valence-corrected chi connectivity index (χ0v) is 10.1. The molecule has 2 nitrogen and oxygen atoms in total. The van der Waals surface area contributed by atoms with Gasteiger partial charge in [0.05, 0.1) is 12.5 Å². The normalized spacial score (nSPS) is 9.88. The molecule has 0 N–H and O–H groups in total. The first-order chi connectivity index (χ1) is 8.30. The number of nitrogens with zero attached hydrogens (tertiary/aromatic N) is 2. The summed E-state index contributed by atoms with van der Waals surface area (Å²) in [6, 6.07) is 10.3. The Bertz CT molecular complexity index is 388. The molecule has 1 aromatic rings. The van der Waals surface area contributed by atoms with Gasteiger partial charge in [0.25, 0.3) is 0 Å². The van der Waals surface area contributed by atoms with E-state index in [0.717, 1.165) is 25.2 Å². The van der Waals surface area contributed by atoms with Crippen LogP contribution in [-0.2, 0) is 13.0 Å². The highest BCUT2D eigenvalue weighted by Crippen LogP contribution is 2.08. The van der Waals surface area contributed by atoms with Gasteiger partial charge in [-0.2, -0.15) is 5.26 Å². The second-order valence-electron chi connectivity index (χ2n) is 3.92. The highest BCUT2D eigenvalue weighted by Gasteiger charge is 2.02. The van der Waals surface area contributed by atoms with Crippen molar-refractivity contribution in [3.8, 4) is 6.07 Å². The minimum Gasteiger partial charge on any atom is -0.292 e. The maximum absolute atomic E-state index is 8.59. The predicted octanol–water partition coefficient (Wildman–Crippen LogP) is 2.93. The Labute approximate surface area is 103 Å². The molecule has 88 valence electrons. The highest BCUT2D eigenvalue weighted by atomic mass is 15.1. The van der Waals surface area contributed by atoms with Gasteiger partial charge in [0.1, 0.15) is 0 Å². The van der Waals surface area contributed by atoms with E-state index in [4.69, 9.17) is 5.26 Å². The zero-order valence-electron chi connectivity index (χ0n) is 10.1. The van der Waals surface area contributed by atoms with Gasteiger partial charge in [-0.05, 0) is 11.1 Å². The van der Waals surface area contributed by atoms with E-state index in [1.54, 1.807) is 0 Å². The third-order valence-electron chi connectivity index (χ3n) is 2.49. The lowest BCUT2D eigenvalue weighted by molar-refractivity contribution is 0.328. The lowest BCUT2D eigenvalue weighted by Gasteiger charge is -2.18. The monoisotopic (exact) mass is 226 g/mol. The minimum absolute atomic E-state index is 0.476. The van der Waals surface area contributed by atoms with Crippen LogP contribution in [-0.4, -0.2) is 18.0 Å². The molecule has 2 heteroatoms. The van der Waals surface area contributed by atoms with Gasteiger partial charge in [0, 0.05) is 19.6 Å². The van der Waals surface area contributed by atoms with E-state index in [0.29, 0.717) is 6.42 Å². The molecule has 0 bridgehead atoms. The molecule has 0 unspecified atom stereocenters. The molecule has 1 rings (SSSR count). The maximum Gasteiger partial charge on any atom is 0.0669 e. The SMILES string of the molecule is C=CCN(CC=C)Cc1ccc(CC#N)cc1. The Hall–Kier alpha value is -1.85. The number of hydrogen-bond donors (Lipinski definition) is 0. The van der Waals surface area contributed by atoms with Gasteiger partial charge in [-0.15, -0.1) is 13.2 Å². The predicted molar refractivity (Wildman–Crippen MR) is 71.4 cm³/mol. The Balaban J connectivity index is 2.62. The van der Waals surface area contributed by atoms with Gasteiger partial charge >= 0.3 is 0 Å². The summed E-state index contributed by atoms with van der Waals surface area (Å²) in [5.74, 6) is 0. The highest BCUT2D eigenvalue weighted by molar-refractivity contribution is 5.24. The molecule has 17 heavy (non-hydrogen) atoms. The molecule has 0 fully saturated rings. The number of rotatable bonds is 7. The summed E-state index contributed by atoms with van der Waals surface area (Å²) in [7, 11) is 0. The Kier molecular flexibility index (Phi) is 5.77. The molecule has 0 radical (unpaired) electrons. The van der Waals surface area contributed by atoms with Crippen LogP contribution in [0.1, 0.15) is 11.1 Å². The molecule has 0 spiro atoms. The zero-order chi connectivity index (χ0) is 12.5. The molecule has 0 amide bonds. The van der Waals surface area contributed by atoms with Crippen molar-refractivity contribution in [2.45, 2.75) is 13.0 Å². The average molecular weight is 226 g/mol. The van der Waals surface area contributed by atoms with E-state index in [2.05, 4.69) is 36.3 Å². The van der Waals surface area contributed by atoms with E-state index in [9.17, 15) is 0 Å². The molecular weight excluding hydrogens is 208 g/mol. The van der Waals surface area contributed by atoms with E-state index in [1.165, 1.54) is 5.56 Å². The molecule has 0 heterocycles. The molecule has 0 aromatic heterocycles.